The van der Waals surface area contributed by atoms with E-state index in [2.05, 4.69) is 21.7 Å². The molecule has 1 aromatic carbocycles. The third-order valence-corrected chi connectivity index (χ3v) is 5.11. The van der Waals surface area contributed by atoms with Gasteiger partial charge in [-0.1, -0.05) is 12.1 Å². The molecule has 6 heteroatoms. The van der Waals surface area contributed by atoms with Crippen LogP contribution in [0.3, 0.4) is 0 Å². The van der Waals surface area contributed by atoms with Gasteiger partial charge >= 0.3 is 0 Å². The summed E-state index contributed by atoms with van der Waals surface area (Å²) in [6.07, 6.45) is 1.04. The molecule has 0 fully saturated rings. The second-order valence-corrected chi connectivity index (χ2v) is 6.58. The summed E-state index contributed by atoms with van der Waals surface area (Å²) in [4.78, 5) is 13.2. The number of hydrogen-bond donors (Lipinski definition) is 2. The van der Waals surface area contributed by atoms with Crippen molar-refractivity contribution in [3.8, 4) is 0 Å². The van der Waals surface area contributed by atoms with Crippen molar-refractivity contribution >= 4 is 34.0 Å². The molecule has 0 aliphatic carbocycles. The highest BCUT2D eigenvalue weighted by Crippen LogP contribution is 2.29. The van der Waals surface area contributed by atoms with E-state index in [0.717, 1.165) is 42.2 Å². The Morgan fingerprint density at radius 1 is 1.22 bits per heavy atom. The van der Waals surface area contributed by atoms with Crippen molar-refractivity contribution in [2.75, 3.05) is 29.9 Å². The van der Waals surface area contributed by atoms with Gasteiger partial charge in [0.25, 0.3) is 0 Å². The first kappa shape index (κ1) is 14.4. The summed E-state index contributed by atoms with van der Waals surface area (Å²) in [5.41, 5.74) is 2.30. The van der Waals surface area contributed by atoms with Crippen LogP contribution in [-0.2, 0) is 13.0 Å². The van der Waals surface area contributed by atoms with Crippen molar-refractivity contribution in [3.63, 3.8) is 0 Å². The van der Waals surface area contributed by atoms with Crippen LogP contribution in [0, 0.1) is 0 Å². The summed E-state index contributed by atoms with van der Waals surface area (Å²) in [7, 11) is 0. The second kappa shape index (κ2) is 6.14. The van der Waals surface area contributed by atoms with Crippen molar-refractivity contribution in [2.45, 2.75) is 13.0 Å². The number of anilines is 2. The number of nitrogens with zero attached hydrogens (tertiary/aromatic N) is 3. The van der Waals surface area contributed by atoms with Crippen LogP contribution in [0.2, 0.25) is 0 Å². The van der Waals surface area contributed by atoms with Gasteiger partial charge in [0, 0.05) is 29.9 Å². The number of rotatable bonds is 4. The van der Waals surface area contributed by atoms with E-state index in [0.29, 0.717) is 6.54 Å². The number of para-hydroxylation sites is 1. The number of fused-ring (bicyclic) bond motifs is 2. The molecule has 2 N–H and O–H groups in total. The van der Waals surface area contributed by atoms with Gasteiger partial charge in [0.05, 0.1) is 12.1 Å². The van der Waals surface area contributed by atoms with Crippen molar-refractivity contribution in [1.82, 2.24) is 9.97 Å². The van der Waals surface area contributed by atoms with Crippen LogP contribution in [0.25, 0.3) is 10.9 Å². The summed E-state index contributed by atoms with van der Waals surface area (Å²) in [5.74, 6) is 1.54. The van der Waals surface area contributed by atoms with E-state index >= 15 is 0 Å². The minimum atomic E-state index is 0.0790. The number of aromatic nitrogens is 2. The van der Waals surface area contributed by atoms with E-state index < -0.39 is 0 Å². The molecule has 0 unspecified atom stereocenters. The van der Waals surface area contributed by atoms with Gasteiger partial charge in [-0.05, 0) is 35.6 Å². The first-order chi connectivity index (χ1) is 11.3. The molecule has 1 aliphatic heterocycles. The molecular formula is C17H18N4OS. The van der Waals surface area contributed by atoms with Crippen LogP contribution in [0.4, 0.5) is 11.8 Å². The first-order valence-corrected chi connectivity index (χ1v) is 8.65. The van der Waals surface area contributed by atoms with Crippen LogP contribution < -0.4 is 10.2 Å². The van der Waals surface area contributed by atoms with E-state index in [4.69, 9.17) is 15.1 Å². The molecule has 118 valence electrons. The van der Waals surface area contributed by atoms with E-state index in [1.165, 1.54) is 10.4 Å². The molecule has 2 aromatic heterocycles. The normalized spacial score (nSPS) is 14.0. The van der Waals surface area contributed by atoms with Gasteiger partial charge in [-0.25, -0.2) is 4.98 Å². The largest absolute Gasteiger partial charge is 0.395 e. The average Bonchev–Trinajstić information content (AvgIpc) is 3.07. The maximum atomic E-state index is 9.09. The molecule has 0 spiro atoms. The highest BCUT2D eigenvalue weighted by atomic mass is 32.1. The van der Waals surface area contributed by atoms with Crippen LogP contribution in [-0.4, -0.2) is 34.8 Å². The van der Waals surface area contributed by atoms with Gasteiger partial charge in [-0.3, -0.25) is 0 Å². The fourth-order valence-corrected chi connectivity index (χ4v) is 3.82. The minimum absolute atomic E-state index is 0.0790. The molecule has 0 radical (unpaired) electrons. The fraction of sp³-hybridized carbons (Fsp3) is 0.294. The van der Waals surface area contributed by atoms with Crippen molar-refractivity contribution in [3.05, 3.63) is 46.2 Å². The zero-order chi connectivity index (χ0) is 15.6. The van der Waals surface area contributed by atoms with Crippen LogP contribution in [0.1, 0.15) is 10.4 Å². The highest BCUT2D eigenvalue weighted by Gasteiger charge is 2.20. The monoisotopic (exact) mass is 326 g/mol. The lowest BCUT2D eigenvalue weighted by molar-refractivity contribution is 0.311. The summed E-state index contributed by atoms with van der Waals surface area (Å²) in [5, 5.41) is 15.4. The Labute approximate surface area is 138 Å². The second-order valence-electron chi connectivity index (χ2n) is 5.58. The zero-order valence-corrected chi connectivity index (χ0v) is 13.5. The quantitative estimate of drug-likeness (QED) is 0.772. The molecule has 4 rings (SSSR count). The summed E-state index contributed by atoms with van der Waals surface area (Å²) in [6, 6.07) is 10.2. The first-order valence-electron chi connectivity index (χ1n) is 7.77. The van der Waals surface area contributed by atoms with E-state index in [9.17, 15) is 0 Å². The number of aliphatic hydroxyl groups is 1. The molecule has 0 amide bonds. The molecule has 0 saturated carbocycles. The smallest absolute Gasteiger partial charge is 0.228 e. The van der Waals surface area contributed by atoms with E-state index in [-0.39, 0.29) is 6.61 Å². The maximum absolute atomic E-state index is 9.09. The molecule has 1 aliphatic rings. The van der Waals surface area contributed by atoms with Crippen LogP contribution in [0.15, 0.2) is 35.7 Å². The predicted molar refractivity (Wildman–Crippen MR) is 94.2 cm³/mol. The fourth-order valence-electron chi connectivity index (χ4n) is 2.93. The number of nitrogens with one attached hydrogen (secondary N) is 1. The number of hydrogen-bond acceptors (Lipinski definition) is 6. The minimum Gasteiger partial charge on any atom is -0.395 e. The zero-order valence-electron chi connectivity index (χ0n) is 12.7. The van der Waals surface area contributed by atoms with Gasteiger partial charge in [-0.2, -0.15) is 4.98 Å². The average molecular weight is 326 g/mol. The Hall–Kier alpha value is -2.18. The van der Waals surface area contributed by atoms with E-state index in [1.54, 1.807) is 0 Å². The van der Waals surface area contributed by atoms with Crippen LogP contribution >= 0.6 is 11.3 Å². The number of thiophene rings is 1. The Morgan fingerprint density at radius 3 is 3.04 bits per heavy atom. The van der Waals surface area contributed by atoms with Crippen LogP contribution in [0.5, 0.6) is 0 Å². The lowest BCUT2D eigenvalue weighted by atomic mass is 10.1. The van der Waals surface area contributed by atoms with Crippen molar-refractivity contribution in [1.29, 1.82) is 0 Å². The summed E-state index contributed by atoms with van der Waals surface area (Å²) in [6.45, 7) is 2.35. The summed E-state index contributed by atoms with van der Waals surface area (Å²) < 4.78 is 0. The van der Waals surface area contributed by atoms with Gasteiger partial charge in [0.15, 0.2) is 0 Å². The summed E-state index contributed by atoms with van der Waals surface area (Å²) >= 11 is 1.83. The molecule has 3 heterocycles. The van der Waals surface area contributed by atoms with Gasteiger partial charge in [0.1, 0.15) is 5.82 Å². The predicted octanol–water partition coefficient (Wildman–Crippen LogP) is 2.66. The SMILES string of the molecule is OCCNc1nc(N2CCc3sccc3C2)nc2ccccc12. The maximum Gasteiger partial charge on any atom is 0.228 e. The Bertz CT molecular complexity index is 832. The molecule has 0 saturated heterocycles. The Kier molecular flexibility index (Phi) is 3.85. The van der Waals surface area contributed by atoms with Crippen molar-refractivity contribution in [2.24, 2.45) is 0 Å². The number of aliphatic hydroxyl groups excluding tert-OH is 1. The molecule has 23 heavy (non-hydrogen) atoms. The molecule has 0 atom stereocenters. The molecule has 3 aromatic rings. The Balaban J connectivity index is 1.72. The topological polar surface area (TPSA) is 61.3 Å². The Morgan fingerprint density at radius 2 is 2.13 bits per heavy atom. The lowest BCUT2D eigenvalue weighted by Gasteiger charge is -2.27. The van der Waals surface area contributed by atoms with E-state index in [1.807, 2.05) is 35.6 Å². The van der Waals surface area contributed by atoms with Gasteiger partial charge in [0.2, 0.25) is 5.95 Å². The number of benzene rings is 1. The molecular weight excluding hydrogens is 308 g/mol. The van der Waals surface area contributed by atoms with Crippen molar-refractivity contribution < 1.29 is 5.11 Å². The van der Waals surface area contributed by atoms with Gasteiger partial charge in [-0.15, -0.1) is 11.3 Å². The molecule has 5 nitrogen and oxygen atoms in total. The molecule has 0 bridgehead atoms. The standard InChI is InChI=1S/C17H18N4OS/c22-9-7-18-16-13-3-1-2-4-14(13)19-17(20-16)21-8-5-15-12(11-21)6-10-23-15/h1-4,6,10,22H,5,7-9,11H2,(H,18,19,20). The third-order valence-electron chi connectivity index (χ3n) is 4.09. The lowest BCUT2D eigenvalue weighted by Crippen LogP contribution is -2.31. The third kappa shape index (κ3) is 2.75. The van der Waals surface area contributed by atoms with Gasteiger partial charge < -0.3 is 15.3 Å². The highest BCUT2D eigenvalue weighted by molar-refractivity contribution is 7.10.